The minimum absolute atomic E-state index is 0.0000974. The molecule has 0 aliphatic heterocycles. The molecule has 0 radical (unpaired) electrons. The molecule has 0 spiro atoms. The van der Waals surface area contributed by atoms with Crippen molar-refractivity contribution in [3.63, 3.8) is 0 Å². The number of anilines is 1. The number of ether oxygens (including phenoxy) is 1. The summed E-state index contributed by atoms with van der Waals surface area (Å²) >= 11 is 0. The van der Waals surface area contributed by atoms with E-state index >= 15 is 0 Å². The molecule has 2 aromatic carbocycles. The molecule has 0 atom stereocenters. The van der Waals surface area contributed by atoms with Crippen LogP contribution < -0.4 is 10.1 Å². The van der Waals surface area contributed by atoms with E-state index < -0.39 is 47.1 Å². The van der Waals surface area contributed by atoms with Crippen LogP contribution in [0.5, 0.6) is 5.75 Å². The summed E-state index contributed by atoms with van der Waals surface area (Å²) in [5.41, 5.74) is 1.51. The van der Waals surface area contributed by atoms with Gasteiger partial charge in [0.1, 0.15) is 18.1 Å². The zero-order valence-electron chi connectivity index (χ0n) is 19.3. The largest absolute Gasteiger partial charge is 0.489 e. The summed E-state index contributed by atoms with van der Waals surface area (Å²) in [7, 11) is 0. The van der Waals surface area contributed by atoms with E-state index in [1.165, 1.54) is 0 Å². The standard InChI is InChI=1S/C24H19F5N4O3/c1-11-4-5-15(6-12(11)2)35-10-17-13(3)36-32-23(17)24(34)31-14-7-30-33(8-14)9-16-18(25)20(27)22(29)21(28)19(16)26/h4-8H,9-10H2,1-3H3,(H,31,34). The molecular weight excluding hydrogens is 487 g/mol. The van der Waals surface area contributed by atoms with Crippen molar-refractivity contribution < 1.29 is 36.0 Å². The Morgan fingerprint density at radius 3 is 2.31 bits per heavy atom. The van der Waals surface area contributed by atoms with Gasteiger partial charge in [-0.05, 0) is 44.0 Å². The first-order valence-corrected chi connectivity index (χ1v) is 10.6. The maximum Gasteiger partial charge on any atom is 0.278 e. The van der Waals surface area contributed by atoms with Gasteiger partial charge in [-0.25, -0.2) is 22.0 Å². The monoisotopic (exact) mass is 506 g/mol. The summed E-state index contributed by atoms with van der Waals surface area (Å²) < 4.78 is 79.8. The third-order valence-corrected chi connectivity index (χ3v) is 5.57. The van der Waals surface area contributed by atoms with Crippen LogP contribution in [0.2, 0.25) is 0 Å². The SMILES string of the molecule is Cc1ccc(OCc2c(C(=O)Nc3cnn(Cc4c(F)c(F)c(F)c(F)c4F)c3)noc2C)cc1C. The van der Waals surface area contributed by atoms with Gasteiger partial charge in [-0.3, -0.25) is 9.48 Å². The highest BCUT2D eigenvalue weighted by molar-refractivity contribution is 6.03. The van der Waals surface area contributed by atoms with E-state index in [9.17, 15) is 26.7 Å². The number of nitrogens with one attached hydrogen (secondary N) is 1. The highest BCUT2D eigenvalue weighted by Gasteiger charge is 2.26. The quantitative estimate of drug-likeness (QED) is 0.207. The summed E-state index contributed by atoms with van der Waals surface area (Å²) in [5.74, 6) is -9.99. The van der Waals surface area contributed by atoms with Crippen LogP contribution in [-0.4, -0.2) is 20.8 Å². The van der Waals surface area contributed by atoms with Crippen LogP contribution in [0.25, 0.3) is 0 Å². The smallest absolute Gasteiger partial charge is 0.278 e. The number of carbonyl (C=O) groups excluding carboxylic acids is 1. The topological polar surface area (TPSA) is 82.2 Å². The van der Waals surface area contributed by atoms with Crippen molar-refractivity contribution in [3.05, 3.63) is 93.4 Å². The molecule has 2 aromatic heterocycles. The van der Waals surface area contributed by atoms with Crippen LogP contribution in [0.3, 0.4) is 0 Å². The number of hydrogen-bond acceptors (Lipinski definition) is 5. The van der Waals surface area contributed by atoms with Gasteiger partial charge in [0, 0.05) is 6.20 Å². The molecule has 0 aliphatic rings. The number of carbonyl (C=O) groups is 1. The van der Waals surface area contributed by atoms with Crippen LogP contribution in [0.15, 0.2) is 35.1 Å². The Labute approximate surface area is 201 Å². The number of amides is 1. The van der Waals surface area contributed by atoms with E-state index in [1.807, 2.05) is 26.0 Å². The Morgan fingerprint density at radius 2 is 1.64 bits per heavy atom. The van der Waals surface area contributed by atoms with Crippen molar-refractivity contribution in [3.8, 4) is 5.75 Å². The summed E-state index contributed by atoms with van der Waals surface area (Å²) in [4.78, 5) is 12.8. The molecule has 0 fully saturated rings. The Bertz CT molecular complexity index is 1440. The molecule has 0 unspecified atom stereocenters. The van der Waals surface area contributed by atoms with E-state index in [4.69, 9.17) is 9.26 Å². The van der Waals surface area contributed by atoms with Gasteiger partial charge in [-0.15, -0.1) is 0 Å². The molecular formula is C24H19F5N4O3. The lowest BCUT2D eigenvalue weighted by Gasteiger charge is -2.09. The van der Waals surface area contributed by atoms with Gasteiger partial charge in [0.05, 0.1) is 29.6 Å². The number of hydrogen-bond donors (Lipinski definition) is 1. The number of nitrogens with zero attached hydrogens (tertiary/aromatic N) is 3. The highest BCUT2D eigenvalue weighted by Crippen LogP contribution is 2.25. The molecule has 188 valence electrons. The normalized spacial score (nSPS) is 11.1. The predicted octanol–water partition coefficient (Wildman–Crippen LogP) is 5.37. The maximum absolute atomic E-state index is 13.9. The van der Waals surface area contributed by atoms with E-state index in [0.717, 1.165) is 28.2 Å². The molecule has 1 amide bonds. The maximum atomic E-state index is 13.9. The average Bonchev–Trinajstić information content (AvgIpc) is 3.45. The van der Waals surface area contributed by atoms with E-state index in [2.05, 4.69) is 15.6 Å². The average molecular weight is 506 g/mol. The molecule has 0 saturated heterocycles. The lowest BCUT2D eigenvalue weighted by Crippen LogP contribution is -2.15. The molecule has 7 nitrogen and oxygen atoms in total. The molecule has 2 heterocycles. The van der Waals surface area contributed by atoms with E-state index in [0.29, 0.717) is 17.1 Å². The first-order valence-electron chi connectivity index (χ1n) is 10.6. The summed E-state index contributed by atoms with van der Waals surface area (Å²) in [5, 5.41) is 10.1. The number of rotatable bonds is 7. The van der Waals surface area contributed by atoms with Crippen molar-refractivity contribution in [1.29, 1.82) is 0 Å². The van der Waals surface area contributed by atoms with Crippen molar-refractivity contribution in [2.45, 2.75) is 33.9 Å². The van der Waals surface area contributed by atoms with Crippen LogP contribution in [0.4, 0.5) is 27.6 Å². The van der Waals surface area contributed by atoms with Crippen LogP contribution >= 0.6 is 0 Å². The minimum Gasteiger partial charge on any atom is -0.489 e. The Balaban J connectivity index is 1.47. The van der Waals surface area contributed by atoms with Crippen molar-refractivity contribution in [1.82, 2.24) is 14.9 Å². The summed E-state index contributed by atoms with van der Waals surface area (Å²) in [6, 6.07) is 5.56. The Morgan fingerprint density at radius 1 is 0.972 bits per heavy atom. The lowest BCUT2D eigenvalue weighted by molar-refractivity contribution is 0.101. The van der Waals surface area contributed by atoms with Gasteiger partial charge < -0.3 is 14.6 Å². The molecule has 12 heteroatoms. The van der Waals surface area contributed by atoms with Gasteiger partial charge in [-0.2, -0.15) is 5.10 Å². The molecule has 1 N–H and O–H groups in total. The molecule has 4 aromatic rings. The van der Waals surface area contributed by atoms with E-state index in [-0.39, 0.29) is 18.0 Å². The number of aryl methyl sites for hydroxylation is 3. The molecule has 0 saturated carbocycles. The second-order valence-corrected chi connectivity index (χ2v) is 8.03. The Kier molecular flexibility index (Phi) is 6.77. The van der Waals surface area contributed by atoms with Crippen LogP contribution in [0.1, 0.15) is 38.5 Å². The minimum atomic E-state index is -2.25. The molecule has 4 rings (SSSR count). The summed E-state index contributed by atoms with van der Waals surface area (Å²) in [6.07, 6.45) is 2.30. The van der Waals surface area contributed by atoms with Crippen molar-refractivity contribution in [2.24, 2.45) is 0 Å². The Hall–Kier alpha value is -4.22. The second-order valence-electron chi connectivity index (χ2n) is 8.03. The molecule has 0 bridgehead atoms. The lowest BCUT2D eigenvalue weighted by atomic mass is 10.1. The predicted molar refractivity (Wildman–Crippen MR) is 117 cm³/mol. The zero-order chi connectivity index (χ0) is 26.1. The van der Waals surface area contributed by atoms with Gasteiger partial charge in [0.25, 0.3) is 5.91 Å². The number of benzene rings is 2. The van der Waals surface area contributed by atoms with Gasteiger partial charge in [-0.1, -0.05) is 11.2 Å². The third-order valence-electron chi connectivity index (χ3n) is 5.57. The van der Waals surface area contributed by atoms with Gasteiger partial charge in [0.15, 0.2) is 29.0 Å². The second kappa shape index (κ2) is 9.80. The van der Waals surface area contributed by atoms with Crippen LogP contribution in [-0.2, 0) is 13.2 Å². The molecule has 0 aliphatic carbocycles. The van der Waals surface area contributed by atoms with Crippen molar-refractivity contribution in [2.75, 3.05) is 5.32 Å². The fourth-order valence-corrected chi connectivity index (χ4v) is 3.35. The first kappa shape index (κ1) is 24.9. The number of aromatic nitrogens is 3. The molecule has 36 heavy (non-hydrogen) atoms. The fraction of sp³-hybridized carbons (Fsp3) is 0.208. The van der Waals surface area contributed by atoms with Crippen molar-refractivity contribution >= 4 is 11.6 Å². The number of halogens is 5. The van der Waals surface area contributed by atoms with Gasteiger partial charge >= 0.3 is 0 Å². The highest BCUT2D eigenvalue weighted by atomic mass is 19.2. The van der Waals surface area contributed by atoms with E-state index in [1.54, 1.807) is 13.0 Å². The summed E-state index contributed by atoms with van der Waals surface area (Å²) in [6.45, 7) is 4.76. The zero-order valence-corrected chi connectivity index (χ0v) is 19.3. The van der Waals surface area contributed by atoms with Gasteiger partial charge in [0.2, 0.25) is 5.82 Å². The third kappa shape index (κ3) is 4.79. The van der Waals surface area contributed by atoms with Crippen LogP contribution in [0, 0.1) is 49.9 Å². The first-order chi connectivity index (χ1) is 17.1. The fourth-order valence-electron chi connectivity index (χ4n) is 3.35.